The first-order chi connectivity index (χ1) is 7.33. The first-order valence-corrected chi connectivity index (χ1v) is 8.47. The molecule has 0 radical (unpaired) electrons. The van der Waals surface area contributed by atoms with E-state index in [1.54, 1.807) is 4.31 Å². The highest BCUT2D eigenvalue weighted by Gasteiger charge is 2.31. The van der Waals surface area contributed by atoms with E-state index in [0.29, 0.717) is 35.5 Å². The van der Waals surface area contributed by atoms with Crippen LogP contribution in [-0.4, -0.2) is 36.4 Å². The number of sulfonamides is 1. The molecule has 0 amide bonds. The second-order valence-corrected chi connectivity index (χ2v) is 8.40. The Morgan fingerprint density at radius 3 is 2.56 bits per heavy atom. The number of rotatable bonds is 4. The quantitative estimate of drug-likeness (QED) is 0.748. The van der Waals surface area contributed by atoms with E-state index in [9.17, 15) is 8.42 Å². The van der Waals surface area contributed by atoms with Crippen molar-refractivity contribution in [2.45, 2.75) is 38.4 Å². The van der Waals surface area contributed by atoms with Gasteiger partial charge in [0.25, 0.3) is 0 Å². The molecule has 1 rings (SSSR count). The fraction of sp³-hybridized carbons (Fsp3) is 1.00. The van der Waals surface area contributed by atoms with E-state index in [-0.39, 0.29) is 0 Å². The predicted molar refractivity (Wildman–Crippen MR) is 71.3 cm³/mol. The van der Waals surface area contributed by atoms with Crippen molar-refractivity contribution in [2.24, 2.45) is 11.8 Å². The molecule has 5 heteroatoms. The van der Waals surface area contributed by atoms with Crippen molar-refractivity contribution >= 4 is 26.0 Å². The van der Waals surface area contributed by atoms with Crippen LogP contribution >= 0.6 is 15.9 Å². The van der Waals surface area contributed by atoms with Crippen LogP contribution in [0.15, 0.2) is 0 Å². The number of nitrogens with zero attached hydrogens (tertiary/aromatic N) is 1. The molecule has 0 bridgehead atoms. The van der Waals surface area contributed by atoms with Gasteiger partial charge in [-0.15, -0.1) is 0 Å². The third-order valence-corrected chi connectivity index (χ3v) is 6.24. The lowest BCUT2D eigenvalue weighted by molar-refractivity contribution is 0.299. The van der Waals surface area contributed by atoms with Gasteiger partial charge in [0, 0.05) is 17.9 Å². The Hall–Kier alpha value is 0.390. The summed E-state index contributed by atoms with van der Waals surface area (Å²) in [5.41, 5.74) is 0. The Kier molecular flexibility index (Phi) is 5.26. The van der Waals surface area contributed by atoms with Gasteiger partial charge in [-0.05, 0) is 24.7 Å². The van der Waals surface area contributed by atoms with Crippen molar-refractivity contribution < 1.29 is 8.42 Å². The van der Waals surface area contributed by atoms with Crippen LogP contribution in [-0.2, 0) is 10.0 Å². The SMILES string of the molecule is CC(C)CCS(=O)(=O)N1CCC(C)C(Br)C1. The molecule has 1 fully saturated rings. The zero-order valence-corrected chi connectivity index (χ0v) is 12.7. The molecule has 0 aliphatic carbocycles. The smallest absolute Gasteiger partial charge is 0.212 e. The van der Waals surface area contributed by atoms with E-state index in [1.807, 2.05) is 0 Å². The van der Waals surface area contributed by atoms with E-state index >= 15 is 0 Å². The van der Waals surface area contributed by atoms with Gasteiger partial charge in [0.1, 0.15) is 0 Å². The van der Waals surface area contributed by atoms with Crippen LogP contribution in [0, 0.1) is 11.8 Å². The highest BCUT2D eigenvalue weighted by Crippen LogP contribution is 2.25. The summed E-state index contributed by atoms with van der Waals surface area (Å²) in [7, 11) is -3.03. The highest BCUT2D eigenvalue weighted by molar-refractivity contribution is 9.09. The lowest BCUT2D eigenvalue weighted by atomic mass is 10.0. The van der Waals surface area contributed by atoms with E-state index in [1.165, 1.54) is 0 Å². The van der Waals surface area contributed by atoms with Crippen LogP contribution in [0.3, 0.4) is 0 Å². The van der Waals surface area contributed by atoms with Gasteiger partial charge in [-0.2, -0.15) is 0 Å². The first kappa shape index (κ1) is 14.5. The van der Waals surface area contributed by atoms with E-state index in [0.717, 1.165) is 12.8 Å². The highest BCUT2D eigenvalue weighted by atomic mass is 79.9. The van der Waals surface area contributed by atoms with E-state index in [4.69, 9.17) is 0 Å². The molecule has 1 aliphatic heterocycles. The van der Waals surface area contributed by atoms with E-state index in [2.05, 4.69) is 36.7 Å². The van der Waals surface area contributed by atoms with Crippen molar-refractivity contribution in [3.63, 3.8) is 0 Å². The zero-order valence-electron chi connectivity index (χ0n) is 10.3. The predicted octanol–water partition coefficient (Wildman–Crippen LogP) is 2.47. The van der Waals surface area contributed by atoms with Gasteiger partial charge in [0.15, 0.2) is 0 Å². The number of hydrogen-bond acceptors (Lipinski definition) is 2. The maximum Gasteiger partial charge on any atom is 0.214 e. The molecular formula is C11H22BrNO2S. The van der Waals surface area contributed by atoms with Gasteiger partial charge in [0.05, 0.1) is 5.75 Å². The lowest BCUT2D eigenvalue weighted by Crippen LogP contribution is -2.44. The summed E-state index contributed by atoms with van der Waals surface area (Å²) in [4.78, 5) is 0.301. The maximum atomic E-state index is 12.0. The summed E-state index contributed by atoms with van der Waals surface area (Å²) < 4.78 is 25.7. The normalized spacial score (nSPS) is 28.6. The molecule has 1 aliphatic rings. The number of piperidine rings is 1. The molecule has 96 valence electrons. The maximum absolute atomic E-state index is 12.0. The monoisotopic (exact) mass is 311 g/mol. The third kappa shape index (κ3) is 4.00. The Balaban J connectivity index is 2.56. The van der Waals surface area contributed by atoms with Crippen LogP contribution in [0.4, 0.5) is 0 Å². The van der Waals surface area contributed by atoms with Gasteiger partial charge in [0.2, 0.25) is 10.0 Å². The van der Waals surface area contributed by atoms with Crippen molar-refractivity contribution in [1.29, 1.82) is 0 Å². The van der Waals surface area contributed by atoms with Crippen LogP contribution in [0.5, 0.6) is 0 Å². The minimum absolute atomic E-state index is 0.290. The molecule has 0 N–H and O–H groups in total. The van der Waals surface area contributed by atoms with Gasteiger partial charge < -0.3 is 0 Å². The van der Waals surface area contributed by atoms with Crippen molar-refractivity contribution in [2.75, 3.05) is 18.8 Å². The fourth-order valence-corrected chi connectivity index (χ4v) is 4.36. The molecule has 3 nitrogen and oxygen atoms in total. The molecule has 0 aromatic carbocycles. The largest absolute Gasteiger partial charge is 0.214 e. The molecule has 0 aromatic rings. The van der Waals surface area contributed by atoms with Gasteiger partial charge in [-0.3, -0.25) is 0 Å². The number of alkyl halides is 1. The van der Waals surface area contributed by atoms with Crippen LogP contribution in [0.25, 0.3) is 0 Å². The first-order valence-electron chi connectivity index (χ1n) is 5.95. The summed E-state index contributed by atoms with van der Waals surface area (Å²) in [5.74, 6) is 1.30. The summed E-state index contributed by atoms with van der Waals surface area (Å²) in [5, 5.41) is 0. The Morgan fingerprint density at radius 1 is 1.44 bits per heavy atom. The minimum Gasteiger partial charge on any atom is -0.212 e. The Labute approximate surface area is 108 Å². The average molecular weight is 312 g/mol. The molecule has 0 aromatic heterocycles. The Morgan fingerprint density at radius 2 is 2.06 bits per heavy atom. The molecule has 2 atom stereocenters. The number of hydrogen-bond donors (Lipinski definition) is 0. The minimum atomic E-state index is -3.03. The summed E-state index contributed by atoms with van der Waals surface area (Å²) in [6.07, 6.45) is 1.71. The van der Waals surface area contributed by atoms with E-state index < -0.39 is 10.0 Å². The van der Waals surface area contributed by atoms with Gasteiger partial charge in [-0.1, -0.05) is 36.7 Å². The van der Waals surface area contributed by atoms with Gasteiger partial charge >= 0.3 is 0 Å². The summed E-state index contributed by atoms with van der Waals surface area (Å²) in [6.45, 7) is 7.59. The molecule has 1 saturated heterocycles. The second-order valence-electron chi connectivity index (χ2n) is 5.14. The van der Waals surface area contributed by atoms with Crippen molar-refractivity contribution in [3.8, 4) is 0 Å². The molecule has 2 unspecified atom stereocenters. The third-order valence-electron chi connectivity index (χ3n) is 3.18. The molecular weight excluding hydrogens is 290 g/mol. The average Bonchev–Trinajstić information content (AvgIpc) is 2.19. The fourth-order valence-electron chi connectivity index (χ4n) is 1.76. The number of halogens is 1. The van der Waals surface area contributed by atoms with Crippen molar-refractivity contribution in [3.05, 3.63) is 0 Å². The summed E-state index contributed by atoms with van der Waals surface area (Å²) in [6, 6.07) is 0. The second kappa shape index (κ2) is 5.83. The standard InChI is InChI=1S/C11H22BrNO2S/c1-9(2)5-7-16(14,15)13-6-4-10(3)11(12)8-13/h9-11H,4-8H2,1-3H3. The zero-order chi connectivity index (χ0) is 12.3. The van der Waals surface area contributed by atoms with Crippen LogP contribution in [0.1, 0.15) is 33.6 Å². The topological polar surface area (TPSA) is 37.4 Å². The Bertz CT molecular complexity index is 316. The lowest BCUT2D eigenvalue weighted by Gasteiger charge is -2.33. The molecule has 16 heavy (non-hydrogen) atoms. The summed E-state index contributed by atoms with van der Waals surface area (Å²) >= 11 is 3.56. The van der Waals surface area contributed by atoms with Crippen LogP contribution < -0.4 is 0 Å². The van der Waals surface area contributed by atoms with Crippen molar-refractivity contribution in [1.82, 2.24) is 4.31 Å². The molecule has 0 saturated carbocycles. The molecule has 0 spiro atoms. The van der Waals surface area contributed by atoms with Crippen LogP contribution in [0.2, 0.25) is 0 Å². The molecule has 1 heterocycles. The van der Waals surface area contributed by atoms with Gasteiger partial charge in [-0.25, -0.2) is 12.7 Å².